The normalized spacial score (nSPS) is 13.0. The molecule has 0 aliphatic heterocycles. The summed E-state index contributed by atoms with van der Waals surface area (Å²) in [6.07, 6.45) is 1.91. The van der Waals surface area contributed by atoms with Crippen LogP contribution < -0.4 is 0 Å². The minimum absolute atomic E-state index is 0.124. The molecule has 3 rings (SSSR count). The third kappa shape index (κ3) is 2.71. The van der Waals surface area contributed by atoms with Gasteiger partial charge in [-0.3, -0.25) is 0 Å². The van der Waals surface area contributed by atoms with E-state index in [0.717, 1.165) is 28.4 Å². The van der Waals surface area contributed by atoms with Crippen molar-refractivity contribution in [2.75, 3.05) is 0 Å². The van der Waals surface area contributed by atoms with Gasteiger partial charge in [0.15, 0.2) is 0 Å². The number of hydrogen-bond acceptors (Lipinski definition) is 3. The molecule has 20 heavy (non-hydrogen) atoms. The van der Waals surface area contributed by atoms with Crippen molar-refractivity contribution < 1.29 is 0 Å². The van der Waals surface area contributed by atoms with Gasteiger partial charge in [-0.2, -0.15) is 0 Å². The summed E-state index contributed by atoms with van der Waals surface area (Å²) in [4.78, 5) is 10.3. The van der Waals surface area contributed by atoms with Crippen LogP contribution in [-0.4, -0.2) is 14.5 Å². The summed E-state index contributed by atoms with van der Waals surface area (Å²) in [5.41, 5.74) is 2.11. The molecule has 0 saturated carbocycles. The Bertz CT molecular complexity index is 763. The van der Waals surface area contributed by atoms with E-state index in [4.69, 9.17) is 11.6 Å². The lowest BCUT2D eigenvalue weighted by Crippen LogP contribution is -2.05. The van der Waals surface area contributed by atoms with Crippen molar-refractivity contribution in [3.8, 4) is 0 Å². The zero-order valence-corrected chi connectivity index (χ0v) is 14.8. The average molecular weight is 418 g/mol. The second-order valence-electron chi connectivity index (χ2n) is 4.67. The molecule has 0 amide bonds. The summed E-state index contributed by atoms with van der Waals surface area (Å²) in [6.45, 7) is 4.75. The van der Waals surface area contributed by atoms with E-state index in [9.17, 15) is 0 Å². The van der Waals surface area contributed by atoms with Crippen LogP contribution in [0.3, 0.4) is 0 Å². The summed E-state index contributed by atoms with van der Waals surface area (Å²) in [5, 5.41) is 0.958. The molecular weight excluding hydrogens is 405 g/mol. The fourth-order valence-electron chi connectivity index (χ4n) is 2.20. The highest BCUT2D eigenvalue weighted by molar-refractivity contribution is 14.1. The highest BCUT2D eigenvalue weighted by Crippen LogP contribution is 2.27. The molecule has 0 aliphatic carbocycles. The Morgan fingerprint density at radius 2 is 2.25 bits per heavy atom. The molecule has 0 aliphatic rings. The molecule has 6 heteroatoms. The maximum atomic E-state index is 6.29. The summed E-state index contributed by atoms with van der Waals surface area (Å²) < 4.78 is 3.35. The van der Waals surface area contributed by atoms with Crippen LogP contribution in [-0.2, 0) is 6.54 Å². The maximum absolute atomic E-state index is 6.29. The van der Waals surface area contributed by atoms with Gasteiger partial charge >= 0.3 is 0 Å². The molecule has 0 spiro atoms. The molecule has 2 heterocycles. The van der Waals surface area contributed by atoms with Crippen molar-refractivity contribution in [1.29, 1.82) is 0 Å². The van der Waals surface area contributed by atoms with Gasteiger partial charge in [-0.05, 0) is 54.6 Å². The number of fused-ring (bicyclic) bond motifs is 1. The number of benzene rings is 1. The number of alkyl halides is 1. The van der Waals surface area contributed by atoms with Crippen LogP contribution in [0.1, 0.15) is 28.0 Å². The van der Waals surface area contributed by atoms with E-state index in [1.165, 1.54) is 8.45 Å². The lowest BCUT2D eigenvalue weighted by Gasteiger charge is -2.08. The number of nitrogens with zero attached hydrogens (tertiary/aromatic N) is 3. The lowest BCUT2D eigenvalue weighted by atomic mass is 10.3. The first kappa shape index (κ1) is 14.3. The zero-order valence-electron chi connectivity index (χ0n) is 11.1. The van der Waals surface area contributed by atoms with Crippen LogP contribution in [0.15, 0.2) is 24.4 Å². The highest BCUT2D eigenvalue weighted by atomic mass is 127. The van der Waals surface area contributed by atoms with Gasteiger partial charge < -0.3 is 4.57 Å². The number of aromatic nitrogens is 3. The molecular formula is C14H13ClIN3S. The van der Waals surface area contributed by atoms with Gasteiger partial charge in [-0.15, -0.1) is 22.9 Å². The Balaban J connectivity index is 2.13. The molecule has 0 N–H and O–H groups in total. The predicted octanol–water partition coefficient (Wildman–Crippen LogP) is 4.75. The van der Waals surface area contributed by atoms with Crippen LogP contribution >= 0.6 is 45.5 Å². The van der Waals surface area contributed by atoms with Crippen molar-refractivity contribution in [3.05, 3.63) is 43.7 Å². The van der Waals surface area contributed by atoms with Crippen LogP contribution in [0, 0.1) is 10.5 Å². The van der Waals surface area contributed by atoms with Gasteiger partial charge in [0.25, 0.3) is 0 Å². The molecule has 0 bridgehead atoms. The van der Waals surface area contributed by atoms with Gasteiger partial charge in [0.2, 0.25) is 0 Å². The van der Waals surface area contributed by atoms with Crippen molar-refractivity contribution >= 4 is 56.6 Å². The van der Waals surface area contributed by atoms with Gasteiger partial charge in [0, 0.05) is 14.6 Å². The van der Waals surface area contributed by atoms with Gasteiger partial charge in [0.1, 0.15) is 10.8 Å². The minimum Gasteiger partial charge on any atom is -0.320 e. The topological polar surface area (TPSA) is 30.7 Å². The van der Waals surface area contributed by atoms with E-state index in [0.29, 0.717) is 0 Å². The maximum Gasteiger partial charge on any atom is 0.128 e. The van der Waals surface area contributed by atoms with Gasteiger partial charge in [0.05, 0.1) is 23.0 Å². The zero-order chi connectivity index (χ0) is 14.3. The van der Waals surface area contributed by atoms with Crippen molar-refractivity contribution in [1.82, 2.24) is 14.5 Å². The molecule has 2 aromatic heterocycles. The largest absolute Gasteiger partial charge is 0.320 e. The number of rotatable bonds is 3. The summed E-state index contributed by atoms with van der Waals surface area (Å²) >= 11 is 10.3. The van der Waals surface area contributed by atoms with Crippen LogP contribution in [0.2, 0.25) is 0 Å². The third-order valence-electron chi connectivity index (χ3n) is 3.06. The molecule has 1 unspecified atom stereocenters. The Kier molecular flexibility index (Phi) is 4.01. The third-order valence-corrected chi connectivity index (χ3v) is 4.82. The molecule has 1 aromatic carbocycles. The summed E-state index contributed by atoms with van der Waals surface area (Å²) in [6, 6.07) is 6.28. The molecule has 0 fully saturated rings. The standard InChI is InChI=1S/C14H13ClIN3S/c1-8-6-17-13(20-8)7-19-12-4-3-10(16)5-11(12)18-14(19)9(2)15/h3-6,9H,7H2,1-2H3. The number of thiazole rings is 1. The molecule has 0 saturated heterocycles. The SMILES string of the molecule is Cc1cnc(Cn2c(C(C)Cl)nc3cc(I)ccc32)s1. The molecule has 1 atom stereocenters. The highest BCUT2D eigenvalue weighted by Gasteiger charge is 2.16. The number of hydrogen-bond donors (Lipinski definition) is 0. The first-order valence-electron chi connectivity index (χ1n) is 6.25. The summed E-state index contributed by atoms with van der Waals surface area (Å²) in [5.74, 6) is 0.900. The Hall–Kier alpha value is -0.660. The second-order valence-corrected chi connectivity index (χ2v) is 7.89. The van der Waals surface area contributed by atoms with Crippen molar-refractivity contribution in [2.45, 2.75) is 25.8 Å². The molecule has 3 nitrogen and oxygen atoms in total. The number of imidazole rings is 1. The fraction of sp³-hybridized carbons (Fsp3) is 0.286. The Morgan fingerprint density at radius 3 is 2.90 bits per heavy atom. The lowest BCUT2D eigenvalue weighted by molar-refractivity contribution is 0.738. The van der Waals surface area contributed by atoms with E-state index < -0.39 is 0 Å². The minimum atomic E-state index is -0.124. The quantitative estimate of drug-likeness (QED) is 0.455. The fourth-order valence-corrected chi connectivity index (χ4v) is 3.62. The van der Waals surface area contributed by atoms with E-state index >= 15 is 0 Å². The molecule has 3 aromatic rings. The van der Waals surface area contributed by atoms with Gasteiger partial charge in [-0.1, -0.05) is 0 Å². The van der Waals surface area contributed by atoms with E-state index in [1.54, 1.807) is 11.3 Å². The van der Waals surface area contributed by atoms with E-state index in [-0.39, 0.29) is 5.38 Å². The number of aryl methyl sites for hydroxylation is 1. The van der Waals surface area contributed by atoms with Gasteiger partial charge in [-0.25, -0.2) is 9.97 Å². The predicted molar refractivity (Wildman–Crippen MR) is 92.7 cm³/mol. The average Bonchev–Trinajstić information content (AvgIpc) is 2.94. The molecule has 104 valence electrons. The number of halogens is 2. The molecule has 0 radical (unpaired) electrons. The first-order chi connectivity index (χ1) is 9.54. The second kappa shape index (κ2) is 5.61. The van der Waals surface area contributed by atoms with E-state index in [1.807, 2.05) is 13.1 Å². The van der Waals surface area contributed by atoms with E-state index in [2.05, 4.69) is 62.2 Å². The Labute approximate surface area is 140 Å². The Morgan fingerprint density at radius 1 is 1.45 bits per heavy atom. The van der Waals surface area contributed by atoms with Crippen LogP contribution in [0.4, 0.5) is 0 Å². The van der Waals surface area contributed by atoms with Crippen molar-refractivity contribution in [2.24, 2.45) is 0 Å². The smallest absolute Gasteiger partial charge is 0.128 e. The first-order valence-corrected chi connectivity index (χ1v) is 8.59. The summed E-state index contributed by atoms with van der Waals surface area (Å²) in [7, 11) is 0. The van der Waals surface area contributed by atoms with Crippen LogP contribution in [0.5, 0.6) is 0 Å². The monoisotopic (exact) mass is 417 g/mol. The van der Waals surface area contributed by atoms with Crippen molar-refractivity contribution in [3.63, 3.8) is 0 Å². The van der Waals surface area contributed by atoms with Crippen LogP contribution in [0.25, 0.3) is 11.0 Å².